The van der Waals surface area contributed by atoms with Crippen LogP contribution in [0.5, 0.6) is 10.1 Å². The van der Waals surface area contributed by atoms with Crippen LogP contribution in [0.2, 0.25) is 0 Å². The van der Waals surface area contributed by atoms with Gasteiger partial charge in [0.15, 0.2) is 10.1 Å². The van der Waals surface area contributed by atoms with Crippen molar-refractivity contribution in [3.8, 4) is 10.1 Å². The van der Waals surface area contributed by atoms with E-state index in [1.165, 1.54) is 0 Å². The topological polar surface area (TPSA) is 40.5 Å². The maximum Gasteiger partial charge on any atom is 0.178 e. The Labute approximate surface area is 82.8 Å². The van der Waals surface area contributed by atoms with Crippen molar-refractivity contribution in [2.45, 2.75) is 39.0 Å². The predicted molar refractivity (Wildman–Crippen MR) is 55.6 cm³/mol. The summed E-state index contributed by atoms with van der Waals surface area (Å²) in [5.74, 6) is 0.391. The Balaban J connectivity index is 2.83. The van der Waals surface area contributed by atoms with E-state index >= 15 is 0 Å². The van der Waals surface area contributed by atoms with Crippen LogP contribution >= 0.6 is 11.3 Å². The highest BCUT2D eigenvalue weighted by atomic mass is 32.1. The zero-order chi connectivity index (χ0) is 9.84. The van der Waals surface area contributed by atoms with Gasteiger partial charge in [-0.1, -0.05) is 31.6 Å². The summed E-state index contributed by atoms with van der Waals surface area (Å²) in [6.45, 7) is 4.24. The second-order valence-corrected chi connectivity index (χ2v) is 4.25. The fraction of sp³-hybridized carbons (Fsp3) is 0.600. The minimum atomic E-state index is 0.210. The molecular weight excluding hydrogens is 184 g/mol. The summed E-state index contributed by atoms with van der Waals surface area (Å²) in [5, 5.41) is 19.2. The molecule has 0 amide bonds. The highest BCUT2D eigenvalue weighted by Crippen LogP contribution is 2.41. The van der Waals surface area contributed by atoms with E-state index in [4.69, 9.17) is 0 Å². The lowest BCUT2D eigenvalue weighted by atomic mass is 9.94. The van der Waals surface area contributed by atoms with E-state index in [1.54, 1.807) is 6.07 Å². The van der Waals surface area contributed by atoms with Gasteiger partial charge in [0.05, 0.1) is 0 Å². The third-order valence-corrected chi connectivity index (χ3v) is 3.05. The van der Waals surface area contributed by atoms with Gasteiger partial charge in [-0.2, -0.15) is 0 Å². The lowest BCUT2D eigenvalue weighted by molar-refractivity contribution is 0.469. The van der Waals surface area contributed by atoms with Crippen LogP contribution in [0.1, 0.15) is 44.6 Å². The second-order valence-electron chi connectivity index (χ2n) is 3.24. The minimum Gasteiger partial charge on any atom is -0.499 e. The van der Waals surface area contributed by atoms with Gasteiger partial charge in [-0.3, -0.25) is 0 Å². The van der Waals surface area contributed by atoms with Gasteiger partial charge in [-0.15, -0.1) is 0 Å². The maximum atomic E-state index is 9.52. The first-order chi connectivity index (χ1) is 6.19. The quantitative estimate of drug-likeness (QED) is 0.781. The normalized spacial score (nSPS) is 13.1. The molecule has 0 radical (unpaired) electrons. The molecule has 1 aromatic heterocycles. The van der Waals surface area contributed by atoms with Crippen LogP contribution in [-0.4, -0.2) is 10.2 Å². The Kier molecular flexibility index (Phi) is 3.60. The Morgan fingerprint density at radius 3 is 2.46 bits per heavy atom. The molecular formula is C10H16O2S. The molecule has 0 saturated heterocycles. The summed E-state index contributed by atoms with van der Waals surface area (Å²) in [5.41, 5.74) is 0.909. The lowest BCUT2D eigenvalue weighted by Crippen LogP contribution is -1.94. The third kappa shape index (κ3) is 2.37. The van der Waals surface area contributed by atoms with Gasteiger partial charge < -0.3 is 10.2 Å². The van der Waals surface area contributed by atoms with Crippen LogP contribution < -0.4 is 0 Å². The molecule has 1 aromatic rings. The van der Waals surface area contributed by atoms with E-state index in [-0.39, 0.29) is 10.1 Å². The van der Waals surface area contributed by atoms with Crippen molar-refractivity contribution in [2.24, 2.45) is 0 Å². The zero-order valence-electron chi connectivity index (χ0n) is 8.08. The number of hydrogen-bond acceptors (Lipinski definition) is 3. The smallest absolute Gasteiger partial charge is 0.178 e. The van der Waals surface area contributed by atoms with Crippen molar-refractivity contribution in [3.05, 3.63) is 11.6 Å². The van der Waals surface area contributed by atoms with E-state index in [2.05, 4.69) is 13.8 Å². The summed E-state index contributed by atoms with van der Waals surface area (Å²) in [6, 6.07) is 1.68. The summed E-state index contributed by atoms with van der Waals surface area (Å²) in [4.78, 5) is 0. The van der Waals surface area contributed by atoms with Crippen LogP contribution in [0.25, 0.3) is 0 Å². The molecule has 2 N–H and O–H groups in total. The molecule has 0 saturated carbocycles. The fourth-order valence-electron chi connectivity index (χ4n) is 1.60. The van der Waals surface area contributed by atoms with Gasteiger partial charge >= 0.3 is 0 Å². The summed E-state index contributed by atoms with van der Waals surface area (Å²) < 4.78 is 0. The van der Waals surface area contributed by atoms with E-state index in [9.17, 15) is 10.2 Å². The number of thiophene rings is 1. The van der Waals surface area contributed by atoms with Gasteiger partial charge in [0.2, 0.25) is 0 Å². The Morgan fingerprint density at radius 2 is 2.08 bits per heavy atom. The molecule has 0 spiro atoms. The average molecular weight is 200 g/mol. The molecule has 0 aliphatic heterocycles. The van der Waals surface area contributed by atoms with Crippen molar-refractivity contribution in [1.29, 1.82) is 0 Å². The summed E-state index contributed by atoms with van der Waals surface area (Å²) in [7, 11) is 0. The standard InChI is InChI=1S/C10H16O2S/c1-3-5-7(4-2)8-6-9(11)13-10(8)12/h6-7,11-12H,3-5H2,1-2H3. The first-order valence-corrected chi connectivity index (χ1v) is 5.52. The van der Waals surface area contributed by atoms with E-state index in [1.807, 2.05) is 0 Å². The molecule has 0 fully saturated rings. The first kappa shape index (κ1) is 10.4. The first-order valence-electron chi connectivity index (χ1n) is 4.70. The molecule has 2 nitrogen and oxygen atoms in total. The SMILES string of the molecule is CCCC(CC)c1cc(O)sc1O. The maximum absolute atomic E-state index is 9.52. The fourth-order valence-corrected chi connectivity index (χ4v) is 2.33. The van der Waals surface area contributed by atoms with Crippen LogP contribution in [-0.2, 0) is 0 Å². The van der Waals surface area contributed by atoms with Crippen LogP contribution in [0.4, 0.5) is 0 Å². The van der Waals surface area contributed by atoms with Crippen molar-refractivity contribution in [2.75, 3.05) is 0 Å². The van der Waals surface area contributed by atoms with Gasteiger partial charge in [0.1, 0.15) is 0 Å². The molecule has 1 unspecified atom stereocenters. The minimum absolute atomic E-state index is 0.210. The molecule has 1 rings (SSSR count). The number of aromatic hydroxyl groups is 2. The predicted octanol–water partition coefficient (Wildman–Crippen LogP) is 3.45. The lowest BCUT2D eigenvalue weighted by Gasteiger charge is -2.11. The largest absolute Gasteiger partial charge is 0.499 e. The Bertz CT molecular complexity index is 268. The molecule has 3 heteroatoms. The van der Waals surface area contributed by atoms with Gasteiger partial charge in [0, 0.05) is 5.56 Å². The van der Waals surface area contributed by atoms with Crippen molar-refractivity contribution < 1.29 is 10.2 Å². The molecule has 1 heterocycles. The highest BCUT2D eigenvalue weighted by molar-refractivity contribution is 7.15. The molecule has 0 aromatic carbocycles. The monoisotopic (exact) mass is 200 g/mol. The molecule has 0 aliphatic rings. The van der Waals surface area contributed by atoms with Gasteiger partial charge in [-0.05, 0) is 24.8 Å². The molecule has 74 valence electrons. The summed E-state index contributed by atoms with van der Waals surface area (Å²) in [6.07, 6.45) is 3.19. The summed E-state index contributed by atoms with van der Waals surface area (Å²) >= 11 is 1.05. The van der Waals surface area contributed by atoms with E-state index in [0.29, 0.717) is 5.92 Å². The highest BCUT2D eigenvalue weighted by Gasteiger charge is 2.15. The van der Waals surface area contributed by atoms with Gasteiger partial charge in [0.25, 0.3) is 0 Å². The molecule has 13 heavy (non-hydrogen) atoms. The van der Waals surface area contributed by atoms with Crippen LogP contribution in [0.15, 0.2) is 6.07 Å². The van der Waals surface area contributed by atoms with Crippen molar-refractivity contribution in [3.63, 3.8) is 0 Å². The van der Waals surface area contributed by atoms with Crippen molar-refractivity contribution in [1.82, 2.24) is 0 Å². The average Bonchev–Trinajstić information content (AvgIpc) is 2.41. The molecule has 0 bridgehead atoms. The number of rotatable bonds is 4. The van der Waals surface area contributed by atoms with Crippen molar-refractivity contribution >= 4 is 11.3 Å². The molecule has 1 atom stereocenters. The van der Waals surface area contributed by atoms with E-state index < -0.39 is 0 Å². The molecule has 0 aliphatic carbocycles. The van der Waals surface area contributed by atoms with Gasteiger partial charge in [-0.25, -0.2) is 0 Å². The van der Waals surface area contributed by atoms with E-state index in [0.717, 1.165) is 36.2 Å². The Morgan fingerprint density at radius 1 is 1.38 bits per heavy atom. The zero-order valence-corrected chi connectivity index (χ0v) is 8.90. The van der Waals surface area contributed by atoms with Crippen LogP contribution in [0, 0.1) is 0 Å². The van der Waals surface area contributed by atoms with Crippen LogP contribution in [0.3, 0.4) is 0 Å². The second kappa shape index (κ2) is 4.51. The Hall–Kier alpha value is -0.700. The number of hydrogen-bond donors (Lipinski definition) is 2. The third-order valence-electron chi connectivity index (χ3n) is 2.30.